The summed E-state index contributed by atoms with van der Waals surface area (Å²) in [4.78, 5) is 25.1. The van der Waals surface area contributed by atoms with Crippen LogP contribution in [-0.4, -0.2) is 41.0 Å². The Bertz CT molecular complexity index is 516. The standard InChI is InChI=1S/C16H22N2O3/c1-12-6-2-3-8-14(12)17-15(19)11-18-9-5-4-7-13(18)10-16(20)21/h2-3,6,8,13H,4-5,7,9-11H2,1H3,(H,17,19)(H,20,21). The van der Waals surface area contributed by atoms with E-state index in [0.717, 1.165) is 37.1 Å². The molecule has 0 aromatic heterocycles. The molecule has 5 heteroatoms. The molecular weight excluding hydrogens is 268 g/mol. The number of carbonyl (C=O) groups is 2. The van der Waals surface area contributed by atoms with Crippen molar-refractivity contribution in [2.24, 2.45) is 0 Å². The van der Waals surface area contributed by atoms with Crippen LogP contribution >= 0.6 is 0 Å². The van der Waals surface area contributed by atoms with E-state index in [2.05, 4.69) is 5.32 Å². The van der Waals surface area contributed by atoms with Gasteiger partial charge in [-0.15, -0.1) is 0 Å². The number of amides is 1. The quantitative estimate of drug-likeness (QED) is 0.872. The number of rotatable bonds is 5. The number of likely N-dealkylation sites (tertiary alicyclic amines) is 1. The van der Waals surface area contributed by atoms with Gasteiger partial charge in [-0.05, 0) is 37.9 Å². The molecule has 0 bridgehead atoms. The van der Waals surface area contributed by atoms with E-state index in [1.54, 1.807) is 0 Å². The average Bonchev–Trinajstić information content (AvgIpc) is 2.43. The Morgan fingerprint density at radius 3 is 2.81 bits per heavy atom. The lowest BCUT2D eigenvalue weighted by molar-refractivity contribution is -0.139. The fraction of sp³-hybridized carbons (Fsp3) is 0.500. The lowest BCUT2D eigenvalue weighted by Crippen LogP contribution is -2.44. The van der Waals surface area contributed by atoms with Crippen molar-refractivity contribution in [3.8, 4) is 0 Å². The molecule has 1 aliphatic heterocycles. The molecule has 21 heavy (non-hydrogen) atoms. The predicted molar refractivity (Wildman–Crippen MR) is 81.3 cm³/mol. The van der Waals surface area contributed by atoms with Gasteiger partial charge in [0.25, 0.3) is 0 Å². The van der Waals surface area contributed by atoms with Gasteiger partial charge in [0.15, 0.2) is 0 Å². The maximum atomic E-state index is 12.2. The minimum absolute atomic E-state index is 0.0288. The lowest BCUT2D eigenvalue weighted by Gasteiger charge is -2.34. The molecule has 1 aromatic carbocycles. The zero-order chi connectivity index (χ0) is 15.2. The average molecular weight is 290 g/mol. The second kappa shape index (κ2) is 7.22. The Kier molecular flexibility index (Phi) is 5.33. The Balaban J connectivity index is 1.94. The summed E-state index contributed by atoms with van der Waals surface area (Å²) < 4.78 is 0. The van der Waals surface area contributed by atoms with Crippen molar-refractivity contribution in [3.63, 3.8) is 0 Å². The molecule has 2 N–H and O–H groups in total. The first-order valence-electron chi connectivity index (χ1n) is 7.37. The normalized spacial score (nSPS) is 19.2. The van der Waals surface area contributed by atoms with Crippen LogP contribution in [0.25, 0.3) is 0 Å². The number of hydrogen-bond acceptors (Lipinski definition) is 3. The molecule has 0 radical (unpaired) electrons. The molecule has 1 unspecified atom stereocenters. The van der Waals surface area contributed by atoms with Crippen LogP contribution in [0.5, 0.6) is 0 Å². The van der Waals surface area contributed by atoms with E-state index in [4.69, 9.17) is 5.11 Å². The van der Waals surface area contributed by atoms with Crippen LogP contribution in [0.15, 0.2) is 24.3 Å². The molecule has 1 aromatic rings. The van der Waals surface area contributed by atoms with E-state index in [1.807, 2.05) is 36.1 Å². The van der Waals surface area contributed by atoms with Gasteiger partial charge < -0.3 is 10.4 Å². The second-order valence-electron chi connectivity index (χ2n) is 5.58. The Morgan fingerprint density at radius 1 is 1.33 bits per heavy atom. The van der Waals surface area contributed by atoms with Crippen LogP contribution in [0, 0.1) is 6.92 Å². The molecule has 1 atom stereocenters. The number of benzene rings is 1. The van der Waals surface area contributed by atoms with Crippen molar-refractivity contribution >= 4 is 17.6 Å². The summed E-state index contributed by atoms with van der Waals surface area (Å²) in [5.41, 5.74) is 1.83. The lowest BCUT2D eigenvalue weighted by atomic mass is 9.99. The van der Waals surface area contributed by atoms with Crippen LogP contribution in [0.1, 0.15) is 31.2 Å². The third-order valence-corrected chi connectivity index (χ3v) is 3.93. The first-order valence-corrected chi connectivity index (χ1v) is 7.37. The molecular formula is C16H22N2O3. The molecule has 1 amide bonds. The summed E-state index contributed by atoms with van der Waals surface area (Å²) in [7, 11) is 0. The summed E-state index contributed by atoms with van der Waals surface area (Å²) in [5.74, 6) is -0.882. The largest absolute Gasteiger partial charge is 0.481 e. The van der Waals surface area contributed by atoms with E-state index >= 15 is 0 Å². The number of carboxylic acid groups (broad SMARTS) is 1. The topological polar surface area (TPSA) is 69.6 Å². The van der Waals surface area contributed by atoms with Crippen LogP contribution in [-0.2, 0) is 9.59 Å². The van der Waals surface area contributed by atoms with Gasteiger partial charge in [0.2, 0.25) is 5.91 Å². The molecule has 1 fully saturated rings. The Morgan fingerprint density at radius 2 is 2.10 bits per heavy atom. The van der Waals surface area contributed by atoms with Crippen LogP contribution < -0.4 is 5.32 Å². The van der Waals surface area contributed by atoms with Gasteiger partial charge in [-0.3, -0.25) is 14.5 Å². The zero-order valence-electron chi connectivity index (χ0n) is 12.3. The van der Waals surface area contributed by atoms with E-state index in [1.165, 1.54) is 0 Å². The molecule has 114 valence electrons. The molecule has 1 aliphatic rings. The van der Waals surface area contributed by atoms with Gasteiger partial charge in [0, 0.05) is 11.7 Å². The van der Waals surface area contributed by atoms with Crippen molar-refractivity contribution in [2.75, 3.05) is 18.4 Å². The van der Waals surface area contributed by atoms with Crippen LogP contribution in [0.3, 0.4) is 0 Å². The molecule has 0 spiro atoms. The van der Waals surface area contributed by atoms with Gasteiger partial charge >= 0.3 is 5.97 Å². The highest BCUT2D eigenvalue weighted by molar-refractivity contribution is 5.93. The second-order valence-corrected chi connectivity index (χ2v) is 5.58. The highest BCUT2D eigenvalue weighted by Gasteiger charge is 2.26. The highest BCUT2D eigenvalue weighted by Crippen LogP contribution is 2.20. The minimum atomic E-state index is -0.800. The fourth-order valence-electron chi connectivity index (χ4n) is 2.79. The number of nitrogens with one attached hydrogen (secondary N) is 1. The van der Waals surface area contributed by atoms with Crippen molar-refractivity contribution in [1.29, 1.82) is 0 Å². The van der Waals surface area contributed by atoms with Gasteiger partial charge in [0.1, 0.15) is 0 Å². The monoisotopic (exact) mass is 290 g/mol. The van der Waals surface area contributed by atoms with Crippen molar-refractivity contribution in [2.45, 2.75) is 38.6 Å². The third kappa shape index (κ3) is 4.56. The molecule has 0 saturated carbocycles. The number of nitrogens with zero attached hydrogens (tertiary/aromatic N) is 1. The summed E-state index contributed by atoms with van der Waals surface area (Å²) in [5, 5.41) is 11.9. The number of aryl methyl sites for hydroxylation is 1. The van der Waals surface area contributed by atoms with Crippen LogP contribution in [0.2, 0.25) is 0 Å². The van der Waals surface area contributed by atoms with E-state index in [0.29, 0.717) is 0 Å². The van der Waals surface area contributed by atoms with Crippen molar-refractivity contribution in [3.05, 3.63) is 29.8 Å². The molecule has 1 heterocycles. The number of hydrogen-bond donors (Lipinski definition) is 2. The summed E-state index contributed by atoms with van der Waals surface area (Å²) in [6.07, 6.45) is 3.02. The first-order chi connectivity index (χ1) is 10.1. The maximum Gasteiger partial charge on any atom is 0.304 e. The highest BCUT2D eigenvalue weighted by atomic mass is 16.4. The van der Waals surface area contributed by atoms with E-state index in [9.17, 15) is 9.59 Å². The first kappa shape index (κ1) is 15.5. The number of para-hydroxylation sites is 1. The predicted octanol–water partition coefficient (Wildman–Crippen LogP) is 2.26. The van der Waals surface area contributed by atoms with Gasteiger partial charge in [-0.1, -0.05) is 24.6 Å². The van der Waals surface area contributed by atoms with E-state index in [-0.39, 0.29) is 24.9 Å². The number of aliphatic carboxylic acids is 1. The Hall–Kier alpha value is -1.88. The van der Waals surface area contributed by atoms with Crippen molar-refractivity contribution < 1.29 is 14.7 Å². The van der Waals surface area contributed by atoms with Crippen LogP contribution in [0.4, 0.5) is 5.69 Å². The summed E-state index contributed by atoms with van der Waals surface area (Å²) in [6.45, 7) is 3.00. The smallest absolute Gasteiger partial charge is 0.304 e. The van der Waals surface area contributed by atoms with Crippen molar-refractivity contribution in [1.82, 2.24) is 4.90 Å². The molecule has 2 rings (SSSR count). The summed E-state index contributed by atoms with van der Waals surface area (Å²) in [6, 6.07) is 7.61. The van der Waals surface area contributed by atoms with Gasteiger partial charge in [-0.25, -0.2) is 0 Å². The number of piperidine rings is 1. The maximum absolute atomic E-state index is 12.2. The SMILES string of the molecule is Cc1ccccc1NC(=O)CN1CCCCC1CC(=O)O. The minimum Gasteiger partial charge on any atom is -0.481 e. The zero-order valence-corrected chi connectivity index (χ0v) is 12.3. The summed E-state index contributed by atoms with van der Waals surface area (Å²) >= 11 is 0. The Labute approximate surface area is 125 Å². The molecule has 1 saturated heterocycles. The van der Waals surface area contributed by atoms with Gasteiger partial charge in [0.05, 0.1) is 13.0 Å². The molecule has 0 aliphatic carbocycles. The third-order valence-electron chi connectivity index (χ3n) is 3.93. The van der Waals surface area contributed by atoms with Gasteiger partial charge in [-0.2, -0.15) is 0 Å². The number of carboxylic acids is 1. The molecule has 5 nitrogen and oxygen atoms in total. The number of carbonyl (C=O) groups excluding carboxylic acids is 1. The fourth-order valence-corrected chi connectivity index (χ4v) is 2.79. The number of anilines is 1. The van der Waals surface area contributed by atoms with E-state index < -0.39 is 5.97 Å².